The summed E-state index contributed by atoms with van der Waals surface area (Å²) in [6.45, 7) is 4.39. The van der Waals surface area contributed by atoms with Crippen molar-refractivity contribution >= 4 is 17.7 Å². The first-order valence-corrected chi connectivity index (χ1v) is 8.66. The maximum absolute atomic E-state index is 11.2. The Morgan fingerprint density at radius 2 is 2.09 bits per heavy atom. The highest BCUT2D eigenvalue weighted by molar-refractivity contribution is 7.98. The molecule has 0 bridgehead atoms. The van der Waals surface area contributed by atoms with Gasteiger partial charge in [0.2, 0.25) is 0 Å². The molecule has 0 fully saturated rings. The number of carbonyl (C=O) groups is 1. The van der Waals surface area contributed by atoms with Gasteiger partial charge in [-0.05, 0) is 50.0 Å². The van der Waals surface area contributed by atoms with Gasteiger partial charge in [-0.3, -0.25) is 4.79 Å². The topological polar surface area (TPSA) is 67.8 Å². The van der Waals surface area contributed by atoms with Gasteiger partial charge in [0.25, 0.3) is 0 Å². The Hall–Kier alpha value is -1.40. The molecule has 1 rings (SSSR count). The lowest BCUT2D eigenvalue weighted by Crippen LogP contribution is -2.36. The Bertz CT molecular complexity index is 479. The van der Waals surface area contributed by atoms with Crippen molar-refractivity contribution in [2.24, 2.45) is 0 Å². The lowest BCUT2D eigenvalue weighted by Gasteiger charge is -2.16. The van der Waals surface area contributed by atoms with Gasteiger partial charge < -0.3 is 19.9 Å². The molecule has 0 aromatic heterocycles. The molecular weight excluding hydrogens is 302 g/mol. The number of hydrogen-bond donors (Lipinski definition) is 2. The lowest BCUT2D eigenvalue weighted by molar-refractivity contribution is -0.139. The van der Waals surface area contributed by atoms with Crippen LogP contribution >= 0.6 is 11.8 Å². The van der Waals surface area contributed by atoms with E-state index in [0.29, 0.717) is 24.5 Å². The van der Waals surface area contributed by atoms with Crippen LogP contribution in [0.15, 0.2) is 18.2 Å². The van der Waals surface area contributed by atoms with Crippen LogP contribution in [0.1, 0.15) is 25.8 Å². The Kier molecular flexibility index (Phi) is 8.12. The first-order valence-electron chi connectivity index (χ1n) is 7.26. The summed E-state index contributed by atoms with van der Waals surface area (Å²) in [5.74, 6) is 1.34. The smallest absolute Gasteiger partial charge is 0.320 e. The Morgan fingerprint density at radius 3 is 2.64 bits per heavy atom. The summed E-state index contributed by atoms with van der Waals surface area (Å²) in [4.78, 5) is 11.2. The van der Waals surface area contributed by atoms with Crippen LogP contribution in [0, 0.1) is 0 Å². The monoisotopic (exact) mass is 327 g/mol. The summed E-state index contributed by atoms with van der Waals surface area (Å²) >= 11 is 1.64. The number of hydrogen-bond acceptors (Lipinski definition) is 5. The molecule has 0 radical (unpaired) electrons. The van der Waals surface area contributed by atoms with Crippen molar-refractivity contribution in [1.29, 1.82) is 0 Å². The summed E-state index contributed by atoms with van der Waals surface area (Å²) in [5.41, 5.74) is 0.961. The third-order valence-corrected chi connectivity index (χ3v) is 3.70. The van der Waals surface area contributed by atoms with Crippen molar-refractivity contribution in [2.45, 2.75) is 39.0 Å². The minimum absolute atomic E-state index is 0.0702. The normalized spacial score (nSPS) is 12.2. The Labute approximate surface area is 136 Å². The largest absolute Gasteiger partial charge is 0.493 e. The number of carboxylic acid groups (broad SMARTS) is 1. The predicted molar refractivity (Wildman–Crippen MR) is 90.0 cm³/mol. The minimum atomic E-state index is -0.819. The van der Waals surface area contributed by atoms with E-state index in [1.807, 2.05) is 38.3 Å². The van der Waals surface area contributed by atoms with E-state index in [2.05, 4.69) is 5.32 Å². The average molecular weight is 327 g/mol. The highest BCUT2D eigenvalue weighted by atomic mass is 32.2. The van der Waals surface area contributed by atoms with Gasteiger partial charge in [0.05, 0.1) is 13.2 Å². The molecule has 0 spiro atoms. The van der Waals surface area contributed by atoms with E-state index < -0.39 is 12.0 Å². The number of thioether (sulfide) groups is 1. The molecular formula is C16H25NO4S. The van der Waals surface area contributed by atoms with Crippen LogP contribution in [0.5, 0.6) is 11.5 Å². The SMILES string of the molecule is COc1cc(CNC(CCSC)C(=O)O)ccc1OC(C)C. The van der Waals surface area contributed by atoms with Crippen LogP contribution in [0.3, 0.4) is 0 Å². The molecule has 0 aliphatic rings. The molecule has 0 aliphatic carbocycles. The van der Waals surface area contributed by atoms with Crippen LogP contribution in [0.4, 0.5) is 0 Å². The van der Waals surface area contributed by atoms with Crippen molar-refractivity contribution in [2.75, 3.05) is 19.1 Å². The highest BCUT2D eigenvalue weighted by Gasteiger charge is 2.16. The number of benzene rings is 1. The zero-order valence-corrected chi connectivity index (χ0v) is 14.4. The second kappa shape index (κ2) is 9.58. The van der Waals surface area contributed by atoms with Crippen LogP contribution in [-0.2, 0) is 11.3 Å². The molecule has 1 aromatic carbocycles. The van der Waals surface area contributed by atoms with Gasteiger partial charge in [-0.25, -0.2) is 0 Å². The third-order valence-electron chi connectivity index (χ3n) is 3.05. The number of aliphatic carboxylic acids is 1. The van der Waals surface area contributed by atoms with Gasteiger partial charge in [0, 0.05) is 6.54 Å². The summed E-state index contributed by atoms with van der Waals surface area (Å²) in [6, 6.07) is 5.11. The molecule has 1 aromatic rings. The zero-order valence-electron chi connectivity index (χ0n) is 13.6. The van der Waals surface area contributed by atoms with Gasteiger partial charge >= 0.3 is 5.97 Å². The maximum Gasteiger partial charge on any atom is 0.320 e. The molecule has 0 aliphatic heterocycles. The molecule has 6 heteroatoms. The lowest BCUT2D eigenvalue weighted by atomic mass is 10.1. The van der Waals surface area contributed by atoms with E-state index in [1.165, 1.54) is 0 Å². The first kappa shape index (κ1) is 18.6. The molecule has 22 heavy (non-hydrogen) atoms. The van der Waals surface area contributed by atoms with Crippen LogP contribution in [0.25, 0.3) is 0 Å². The van der Waals surface area contributed by atoms with Gasteiger partial charge in [-0.15, -0.1) is 0 Å². The predicted octanol–water partition coefficient (Wildman–Crippen LogP) is 2.78. The molecule has 0 amide bonds. The Balaban J connectivity index is 2.70. The fourth-order valence-corrected chi connectivity index (χ4v) is 2.43. The van der Waals surface area contributed by atoms with E-state index in [4.69, 9.17) is 9.47 Å². The summed E-state index contributed by atoms with van der Waals surface area (Å²) < 4.78 is 11.0. The molecule has 2 N–H and O–H groups in total. The Morgan fingerprint density at radius 1 is 1.36 bits per heavy atom. The molecule has 5 nitrogen and oxygen atoms in total. The number of ether oxygens (including phenoxy) is 2. The number of methoxy groups -OCH3 is 1. The molecule has 0 saturated heterocycles. The fourth-order valence-electron chi connectivity index (χ4n) is 1.96. The molecule has 1 atom stereocenters. The summed E-state index contributed by atoms with van der Waals surface area (Å²) in [5, 5.41) is 12.3. The van der Waals surface area contributed by atoms with Crippen LogP contribution in [0.2, 0.25) is 0 Å². The van der Waals surface area contributed by atoms with Gasteiger partial charge in [-0.1, -0.05) is 6.07 Å². The number of nitrogens with one attached hydrogen (secondary N) is 1. The molecule has 0 saturated carbocycles. The van der Waals surface area contributed by atoms with Gasteiger partial charge in [0.15, 0.2) is 11.5 Å². The van der Waals surface area contributed by atoms with Crippen molar-refractivity contribution in [3.05, 3.63) is 23.8 Å². The third kappa shape index (κ3) is 6.15. The van der Waals surface area contributed by atoms with Gasteiger partial charge in [0.1, 0.15) is 6.04 Å². The number of carboxylic acids is 1. The van der Waals surface area contributed by atoms with Crippen LogP contribution < -0.4 is 14.8 Å². The van der Waals surface area contributed by atoms with E-state index in [9.17, 15) is 9.90 Å². The quantitative estimate of drug-likeness (QED) is 0.689. The fraction of sp³-hybridized carbons (Fsp3) is 0.562. The van der Waals surface area contributed by atoms with Crippen molar-refractivity contribution in [3.8, 4) is 11.5 Å². The summed E-state index contributed by atoms with van der Waals surface area (Å²) in [7, 11) is 1.60. The van der Waals surface area contributed by atoms with E-state index >= 15 is 0 Å². The molecule has 0 heterocycles. The van der Waals surface area contributed by atoms with Crippen molar-refractivity contribution in [3.63, 3.8) is 0 Å². The second-order valence-electron chi connectivity index (χ2n) is 5.21. The van der Waals surface area contributed by atoms with Gasteiger partial charge in [-0.2, -0.15) is 11.8 Å². The van der Waals surface area contributed by atoms with E-state index in [0.717, 1.165) is 11.3 Å². The maximum atomic E-state index is 11.2. The zero-order chi connectivity index (χ0) is 16.5. The standard InChI is InChI=1S/C16H25NO4S/c1-11(2)21-14-6-5-12(9-15(14)20-3)10-17-13(16(18)19)7-8-22-4/h5-6,9,11,13,17H,7-8,10H2,1-4H3,(H,18,19). The van der Waals surface area contributed by atoms with Crippen molar-refractivity contribution < 1.29 is 19.4 Å². The average Bonchev–Trinajstić information content (AvgIpc) is 2.47. The minimum Gasteiger partial charge on any atom is -0.493 e. The van der Waals surface area contributed by atoms with Crippen molar-refractivity contribution in [1.82, 2.24) is 5.32 Å². The highest BCUT2D eigenvalue weighted by Crippen LogP contribution is 2.29. The van der Waals surface area contributed by atoms with E-state index in [1.54, 1.807) is 18.9 Å². The van der Waals surface area contributed by atoms with Crippen LogP contribution in [-0.4, -0.2) is 42.3 Å². The molecule has 124 valence electrons. The summed E-state index contributed by atoms with van der Waals surface area (Å²) in [6.07, 6.45) is 2.64. The second-order valence-corrected chi connectivity index (χ2v) is 6.19. The number of rotatable bonds is 10. The molecule has 1 unspecified atom stereocenters. The van der Waals surface area contributed by atoms with E-state index in [-0.39, 0.29) is 6.10 Å². The first-order chi connectivity index (χ1) is 10.5.